The Hall–Kier alpha value is -2.28. The quantitative estimate of drug-likeness (QED) is 0.758. The summed E-state index contributed by atoms with van der Waals surface area (Å²) in [6.07, 6.45) is -0.101. The molecule has 1 aliphatic rings. The molecule has 6 heteroatoms. The molecule has 0 bridgehead atoms. The van der Waals surface area contributed by atoms with Gasteiger partial charge in [-0.1, -0.05) is 41.6 Å². The number of aliphatic hydroxyl groups excluding tert-OH is 1. The van der Waals surface area contributed by atoms with Gasteiger partial charge in [0, 0.05) is 19.6 Å². The van der Waals surface area contributed by atoms with E-state index < -0.39 is 11.7 Å². The van der Waals surface area contributed by atoms with Gasteiger partial charge in [-0.25, -0.2) is 0 Å². The molecular formula is C19H21N3O3. The van der Waals surface area contributed by atoms with Crippen molar-refractivity contribution in [2.45, 2.75) is 25.0 Å². The van der Waals surface area contributed by atoms with Gasteiger partial charge in [0.15, 0.2) is 11.4 Å². The van der Waals surface area contributed by atoms with E-state index in [9.17, 15) is 10.2 Å². The van der Waals surface area contributed by atoms with Crippen molar-refractivity contribution in [1.29, 1.82) is 0 Å². The lowest BCUT2D eigenvalue weighted by Crippen LogP contribution is -2.33. The minimum atomic E-state index is -1.13. The molecule has 2 aromatic carbocycles. The predicted molar refractivity (Wildman–Crippen MR) is 92.9 cm³/mol. The van der Waals surface area contributed by atoms with Crippen molar-refractivity contribution in [3.05, 3.63) is 59.7 Å². The highest BCUT2D eigenvalue weighted by molar-refractivity contribution is 5.83. The fraction of sp³-hybridized carbons (Fsp3) is 0.368. The lowest BCUT2D eigenvalue weighted by Gasteiger charge is -2.22. The Balaban J connectivity index is 1.46. The topological polar surface area (TPSA) is 82.6 Å². The number of benzene rings is 2. The third-order valence-electron chi connectivity index (χ3n) is 4.84. The minimum Gasteiger partial charge on any atom is -0.387 e. The second kappa shape index (κ2) is 6.22. The molecule has 2 unspecified atom stereocenters. The first kappa shape index (κ1) is 16.2. The number of likely N-dealkylation sites (tertiary alicyclic amines) is 1. The van der Waals surface area contributed by atoms with Crippen LogP contribution >= 0.6 is 0 Å². The fourth-order valence-corrected chi connectivity index (χ4v) is 3.45. The average molecular weight is 339 g/mol. The Morgan fingerprint density at radius 1 is 1.24 bits per heavy atom. The zero-order chi connectivity index (χ0) is 17.4. The summed E-state index contributed by atoms with van der Waals surface area (Å²) >= 11 is 0. The van der Waals surface area contributed by atoms with Crippen molar-refractivity contribution >= 4 is 10.8 Å². The standard InChI is InChI=1S/C19H21N3O3/c1-13-20-18(25-21-13)19(24)8-9-22(12-19)11-17(23)16-7-6-14-4-2-3-5-15(14)10-16/h2-7,10,17,23-24H,8-9,11-12H2,1H3. The summed E-state index contributed by atoms with van der Waals surface area (Å²) in [7, 11) is 0. The molecule has 0 spiro atoms. The molecule has 1 aliphatic heterocycles. The molecule has 0 amide bonds. The molecule has 1 saturated heterocycles. The molecule has 2 N–H and O–H groups in total. The van der Waals surface area contributed by atoms with Crippen molar-refractivity contribution in [2.24, 2.45) is 0 Å². The lowest BCUT2D eigenvalue weighted by molar-refractivity contribution is 0.00921. The van der Waals surface area contributed by atoms with E-state index in [-0.39, 0.29) is 5.89 Å². The van der Waals surface area contributed by atoms with Crippen LogP contribution in [0.5, 0.6) is 0 Å². The predicted octanol–water partition coefficient (Wildman–Crippen LogP) is 2.16. The van der Waals surface area contributed by atoms with Crippen molar-refractivity contribution in [1.82, 2.24) is 15.0 Å². The molecule has 25 heavy (non-hydrogen) atoms. The van der Waals surface area contributed by atoms with Gasteiger partial charge in [-0.15, -0.1) is 0 Å². The SMILES string of the molecule is Cc1noc(C2(O)CCN(CC(O)c3ccc4ccccc4c3)C2)n1. The fourth-order valence-electron chi connectivity index (χ4n) is 3.45. The van der Waals surface area contributed by atoms with Crippen LogP contribution in [0.3, 0.4) is 0 Å². The van der Waals surface area contributed by atoms with E-state index in [0.29, 0.717) is 31.9 Å². The van der Waals surface area contributed by atoms with Gasteiger partial charge in [-0.3, -0.25) is 4.90 Å². The molecule has 0 radical (unpaired) electrons. The Morgan fingerprint density at radius 2 is 2.04 bits per heavy atom. The van der Waals surface area contributed by atoms with Gasteiger partial charge in [0.2, 0.25) is 0 Å². The van der Waals surface area contributed by atoms with Crippen LogP contribution in [-0.2, 0) is 5.60 Å². The summed E-state index contributed by atoms with van der Waals surface area (Å²) in [6, 6.07) is 14.1. The van der Waals surface area contributed by atoms with E-state index in [4.69, 9.17) is 4.52 Å². The summed E-state index contributed by atoms with van der Waals surface area (Å²) < 4.78 is 5.14. The van der Waals surface area contributed by atoms with Crippen molar-refractivity contribution in [3.63, 3.8) is 0 Å². The molecule has 2 heterocycles. The molecule has 1 aromatic heterocycles. The van der Waals surface area contributed by atoms with Gasteiger partial charge in [0.1, 0.15) is 0 Å². The van der Waals surface area contributed by atoms with E-state index in [0.717, 1.165) is 16.3 Å². The van der Waals surface area contributed by atoms with Crippen molar-refractivity contribution in [2.75, 3.05) is 19.6 Å². The minimum absolute atomic E-state index is 0.257. The molecule has 4 rings (SSSR count). The monoisotopic (exact) mass is 339 g/mol. The van der Waals surface area contributed by atoms with E-state index in [1.54, 1.807) is 6.92 Å². The smallest absolute Gasteiger partial charge is 0.259 e. The first-order chi connectivity index (χ1) is 12.0. The van der Waals surface area contributed by atoms with E-state index in [2.05, 4.69) is 16.2 Å². The van der Waals surface area contributed by atoms with Gasteiger partial charge < -0.3 is 14.7 Å². The number of β-amino-alcohol motifs (C(OH)–C–C–N with tert-alkyl or cyclic N) is 2. The average Bonchev–Trinajstić information content (AvgIpc) is 3.21. The second-order valence-electron chi connectivity index (χ2n) is 6.79. The molecule has 0 saturated carbocycles. The Morgan fingerprint density at radius 3 is 2.80 bits per heavy atom. The molecule has 0 aliphatic carbocycles. The number of aryl methyl sites for hydroxylation is 1. The Bertz CT molecular complexity index is 894. The molecule has 130 valence electrons. The highest BCUT2D eigenvalue weighted by Crippen LogP contribution is 2.32. The molecular weight excluding hydrogens is 318 g/mol. The zero-order valence-corrected chi connectivity index (χ0v) is 14.1. The van der Waals surface area contributed by atoms with Crippen LogP contribution in [0.15, 0.2) is 47.0 Å². The van der Waals surface area contributed by atoms with Gasteiger partial charge in [-0.05, 0) is 35.7 Å². The van der Waals surface area contributed by atoms with Crippen LogP contribution in [0.1, 0.15) is 29.8 Å². The van der Waals surface area contributed by atoms with Crippen LogP contribution in [-0.4, -0.2) is 44.9 Å². The molecule has 6 nitrogen and oxygen atoms in total. The lowest BCUT2D eigenvalue weighted by atomic mass is 10.0. The van der Waals surface area contributed by atoms with E-state index in [1.165, 1.54) is 0 Å². The molecule has 3 aromatic rings. The molecule has 1 fully saturated rings. The second-order valence-corrected chi connectivity index (χ2v) is 6.79. The van der Waals surface area contributed by atoms with E-state index >= 15 is 0 Å². The summed E-state index contributed by atoms with van der Waals surface area (Å²) in [5.41, 5.74) is -0.257. The third-order valence-corrected chi connectivity index (χ3v) is 4.84. The summed E-state index contributed by atoms with van der Waals surface area (Å²) in [4.78, 5) is 6.18. The summed E-state index contributed by atoms with van der Waals surface area (Å²) in [5.74, 6) is 0.769. The molecule has 2 atom stereocenters. The van der Waals surface area contributed by atoms with Crippen LogP contribution in [0, 0.1) is 6.92 Å². The number of fused-ring (bicyclic) bond motifs is 1. The van der Waals surface area contributed by atoms with E-state index in [1.807, 2.05) is 41.3 Å². The maximum Gasteiger partial charge on any atom is 0.259 e. The highest BCUT2D eigenvalue weighted by Gasteiger charge is 2.42. The zero-order valence-electron chi connectivity index (χ0n) is 14.1. The Kier molecular flexibility index (Phi) is 4.03. The number of rotatable bonds is 4. The number of hydrogen-bond acceptors (Lipinski definition) is 6. The number of aliphatic hydroxyl groups is 2. The largest absolute Gasteiger partial charge is 0.387 e. The van der Waals surface area contributed by atoms with Crippen molar-refractivity contribution in [3.8, 4) is 0 Å². The number of nitrogens with zero attached hydrogens (tertiary/aromatic N) is 3. The Labute approximate surface area is 145 Å². The summed E-state index contributed by atoms with van der Waals surface area (Å²) in [6.45, 7) is 3.22. The number of aromatic nitrogens is 2. The maximum absolute atomic E-state index is 10.8. The summed E-state index contributed by atoms with van der Waals surface area (Å²) in [5, 5.41) is 27.4. The first-order valence-corrected chi connectivity index (χ1v) is 8.46. The van der Waals surface area contributed by atoms with Gasteiger partial charge in [-0.2, -0.15) is 4.98 Å². The first-order valence-electron chi connectivity index (χ1n) is 8.46. The number of hydrogen-bond donors (Lipinski definition) is 2. The normalized spacial score (nSPS) is 22.5. The van der Waals surface area contributed by atoms with Crippen LogP contribution in [0.25, 0.3) is 10.8 Å². The maximum atomic E-state index is 10.8. The van der Waals surface area contributed by atoms with Crippen LogP contribution in [0.2, 0.25) is 0 Å². The van der Waals surface area contributed by atoms with Gasteiger partial charge in [0.05, 0.1) is 6.10 Å². The van der Waals surface area contributed by atoms with Gasteiger partial charge in [0.25, 0.3) is 5.89 Å². The highest BCUT2D eigenvalue weighted by atomic mass is 16.5. The van der Waals surface area contributed by atoms with Crippen LogP contribution in [0.4, 0.5) is 0 Å². The van der Waals surface area contributed by atoms with Crippen molar-refractivity contribution < 1.29 is 14.7 Å². The van der Waals surface area contributed by atoms with Crippen LogP contribution < -0.4 is 0 Å². The van der Waals surface area contributed by atoms with Gasteiger partial charge >= 0.3 is 0 Å². The third kappa shape index (κ3) is 3.16.